The predicted octanol–water partition coefficient (Wildman–Crippen LogP) is 3.58. The Balaban J connectivity index is 1.47. The van der Waals surface area contributed by atoms with Gasteiger partial charge in [0.15, 0.2) is 0 Å². The van der Waals surface area contributed by atoms with E-state index in [0.29, 0.717) is 23.6 Å². The third-order valence-electron chi connectivity index (χ3n) is 6.62. The normalized spacial score (nSPS) is 23.2. The van der Waals surface area contributed by atoms with Crippen LogP contribution in [0, 0.1) is 5.92 Å². The number of nitrogens with zero attached hydrogens (tertiary/aromatic N) is 2. The standard InChI is InChI=1S/C25H29N3O3S/c29-24(19-8-9-19)26-20-10-11-21(22(16-20)27-12-4-5-13-27)25(30)28-14-15-32(31)17-23(28)18-6-2-1-3-7-18/h1-3,6-7,10-11,16,19,23H,4-5,8-9,12-15,17H2,(H,26,29). The molecule has 5 rings (SSSR count). The average molecular weight is 452 g/mol. The van der Waals surface area contributed by atoms with Crippen molar-refractivity contribution in [1.82, 2.24) is 4.90 Å². The number of anilines is 2. The minimum absolute atomic E-state index is 0.0301. The van der Waals surface area contributed by atoms with Crippen LogP contribution in [-0.2, 0) is 15.6 Å². The molecule has 2 aromatic carbocycles. The number of hydrogen-bond acceptors (Lipinski definition) is 4. The van der Waals surface area contributed by atoms with Crippen molar-refractivity contribution in [3.8, 4) is 0 Å². The first-order valence-electron chi connectivity index (χ1n) is 11.5. The van der Waals surface area contributed by atoms with Gasteiger partial charge in [-0.2, -0.15) is 0 Å². The van der Waals surface area contributed by atoms with Gasteiger partial charge in [-0.15, -0.1) is 0 Å². The summed E-state index contributed by atoms with van der Waals surface area (Å²) >= 11 is 0. The maximum Gasteiger partial charge on any atom is 0.256 e. The van der Waals surface area contributed by atoms with Crippen molar-refractivity contribution in [3.05, 3.63) is 59.7 Å². The Hall–Kier alpha value is -2.67. The van der Waals surface area contributed by atoms with E-state index >= 15 is 0 Å². The van der Waals surface area contributed by atoms with Gasteiger partial charge < -0.3 is 15.1 Å². The Kier molecular flexibility index (Phi) is 6.00. The Morgan fingerprint density at radius 3 is 2.44 bits per heavy atom. The van der Waals surface area contributed by atoms with Crippen LogP contribution in [0.3, 0.4) is 0 Å². The van der Waals surface area contributed by atoms with Gasteiger partial charge in [-0.1, -0.05) is 30.3 Å². The lowest BCUT2D eigenvalue weighted by Gasteiger charge is -2.36. The Bertz CT molecular complexity index is 1030. The van der Waals surface area contributed by atoms with E-state index in [1.165, 1.54) is 0 Å². The van der Waals surface area contributed by atoms with E-state index in [-0.39, 0.29) is 23.8 Å². The number of nitrogens with one attached hydrogen (secondary N) is 1. The molecular weight excluding hydrogens is 422 g/mol. The van der Waals surface area contributed by atoms with E-state index in [9.17, 15) is 13.8 Å². The summed E-state index contributed by atoms with van der Waals surface area (Å²) in [6, 6.07) is 15.3. The molecule has 32 heavy (non-hydrogen) atoms. The highest BCUT2D eigenvalue weighted by molar-refractivity contribution is 7.85. The molecule has 0 bridgehead atoms. The lowest BCUT2D eigenvalue weighted by molar-refractivity contribution is -0.117. The van der Waals surface area contributed by atoms with Crippen molar-refractivity contribution in [2.45, 2.75) is 31.7 Å². The molecule has 6 nitrogen and oxygen atoms in total. The smallest absolute Gasteiger partial charge is 0.256 e. The monoisotopic (exact) mass is 451 g/mol. The van der Waals surface area contributed by atoms with Gasteiger partial charge in [-0.05, 0) is 49.4 Å². The maximum absolute atomic E-state index is 13.8. The first kappa shape index (κ1) is 21.2. The fraction of sp³-hybridized carbons (Fsp3) is 0.440. The molecule has 168 valence electrons. The highest BCUT2D eigenvalue weighted by Crippen LogP contribution is 2.34. The molecule has 3 aliphatic rings. The molecule has 2 saturated heterocycles. The first-order valence-corrected chi connectivity index (χ1v) is 13.0. The second-order valence-electron chi connectivity index (χ2n) is 8.93. The Labute approximate surface area is 191 Å². The van der Waals surface area contributed by atoms with E-state index in [1.807, 2.05) is 53.4 Å². The Morgan fingerprint density at radius 2 is 1.72 bits per heavy atom. The molecule has 0 radical (unpaired) electrons. The number of carbonyl (C=O) groups is 2. The average Bonchev–Trinajstić information content (AvgIpc) is 3.53. The van der Waals surface area contributed by atoms with Crippen LogP contribution in [0.15, 0.2) is 48.5 Å². The molecule has 3 fully saturated rings. The van der Waals surface area contributed by atoms with Crippen LogP contribution in [0.5, 0.6) is 0 Å². The summed E-state index contributed by atoms with van der Waals surface area (Å²) in [5.41, 5.74) is 3.31. The summed E-state index contributed by atoms with van der Waals surface area (Å²) in [6.45, 7) is 2.30. The van der Waals surface area contributed by atoms with E-state index in [2.05, 4.69) is 10.2 Å². The second-order valence-corrected chi connectivity index (χ2v) is 10.5. The van der Waals surface area contributed by atoms with E-state index in [1.54, 1.807) is 0 Å². The molecule has 1 N–H and O–H groups in total. The van der Waals surface area contributed by atoms with Crippen molar-refractivity contribution in [2.24, 2.45) is 5.92 Å². The molecule has 2 atom stereocenters. The van der Waals surface area contributed by atoms with E-state index in [4.69, 9.17) is 0 Å². The molecule has 1 aliphatic carbocycles. The van der Waals surface area contributed by atoms with Gasteiger partial charge in [0.05, 0.1) is 17.3 Å². The number of rotatable bonds is 5. The summed E-state index contributed by atoms with van der Waals surface area (Å²) in [5, 5.41) is 3.02. The molecule has 0 spiro atoms. The molecule has 2 aliphatic heterocycles. The number of benzene rings is 2. The molecule has 2 heterocycles. The SMILES string of the molecule is O=C(Nc1ccc(C(=O)N2CCS(=O)CC2c2ccccc2)c(N2CCCC2)c1)C1CC1. The summed E-state index contributed by atoms with van der Waals surface area (Å²) in [4.78, 5) is 30.2. The van der Waals surface area contributed by atoms with Gasteiger partial charge in [0, 0.05) is 53.5 Å². The van der Waals surface area contributed by atoms with Crippen LogP contribution < -0.4 is 10.2 Å². The van der Waals surface area contributed by atoms with Crippen LogP contribution in [-0.4, -0.2) is 52.1 Å². The molecule has 7 heteroatoms. The second kappa shape index (κ2) is 9.06. The van der Waals surface area contributed by atoms with Gasteiger partial charge in [0.1, 0.15) is 0 Å². The molecule has 2 aromatic rings. The van der Waals surface area contributed by atoms with Crippen molar-refractivity contribution < 1.29 is 13.8 Å². The van der Waals surface area contributed by atoms with Crippen LogP contribution in [0.25, 0.3) is 0 Å². The summed E-state index contributed by atoms with van der Waals surface area (Å²) in [7, 11) is -0.933. The predicted molar refractivity (Wildman–Crippen MR) is 127 cm³/mol. The fourth-order valence-corrected chi connectivity index (χ4v) is 5.95. The maximum atomic E-state index is 13.8. The summed E-state index contributed by atoms with van der Waals surface area (Å²) in [5.74, 6) is 1.14. The fourth-order valence-electron chi connectivity index (χ4n) is 4.65. The van der Waals surface area contributed by atoms with Gasteiger partial charge in [-0.3, -0.25) is 13.8 Å². The van der Waals surface area contributed by atoms with Gasteiger partial charge in [-0.25, -0.2) is 0 Å². The number of hydrogen-bond donors (Lipinski definition) is 1. The summed E-state index contributed by atoms with van der Waals surface area (Å²) in [6.07, 6.45) is 4.11. The molecule has 2 amide bonds. The van der Waals surface area contributed by atoms with E-state index < -0.39 is 10.8 Å². The molecular formula is C25H29N3O3S. The van der Waals surface area contributed by atoms with Crippen LogP contribution in [0.4, 0.5) is 11.4 Å². The minimum Gasteiger partial charge on any atom is -0.371 e. The first-order chi connectivity index (χ1) is 15.6. The lowest BCUT2D eigenvalue weighted by atomic mass is 10.0. The van der Waals surface area contributed by atoms with Crippen LogP contribution in [0.1, 0.15) is 47.6 Å². The minimum atomic E-state index is -0.933. The number of carbonyl (C=O) groups excluding carboxylic acids is 2. The van der Waals surface area contributed by atoms with Gasteiger partial charge >= 0.3 is 0 Å². The van der Waals surface area contributed by atoms with Crippen molar-refractivity contribution in [3.63, 3.8) is 0 Å². The highest BCUT2D eigenvalue weighted by Gasteiger charge is 2.34. The zero-order valence-electron chi connectivity index (χ0n) is 18.2. The molecule has 0 aromatic heterocycles. The zero-order chi connectivity index (χ0) is 22.1. The lowest BCUT2D eigenvalue weighted by Crippen LogP contribution is -2.44. The number of amides is 2. The van der Waals surface area contributed by atoms with Crippen molar-refractivity contribution >= 4 is 34.0 Å². The topological polar surface area (TPSA) is 69.7 Å². The quantitative estimate of drug-likeness (QED) is 0.754. The van der Waals surface area contributed by atoms with Crippen LogP contribution in [0.2, 0.25) is 0 Å². The van der Waals surface area contributed by atoms with Gasteiger partial charge in [0.2, 0.25) is 5.91 Å². The van der Waals surface area contributed by atoms with Crippen LogP contribution >= 0.6 is 0 Å². The van der Waals surface area contributed by atoms with E-state index in [0.717, 1.165) is 55.7 Å². The Morgan fingerprint density at radius 1 is 0.969 bits per heavy atom. The summed E-state index contributed by atoms with van der Waals surface area (Å²) < 4.78 is 12.4. The third-order valence-corrected chi connectivity index (χ3v) is 7.94. The zero-order valence-corrected chi connectivity index (χ0v) is 19.0. The largest absolute Gasteiger partial charge is 0.371 e. The molecule has 2 unspecified atom stereocenters. The third kappa shape index (κ3) is 4.44. The highest BCUT2D eigenvalue weighted by atomic mass is 32.2. The van der Waals surface area contributed by atoms with Crippen molar-refractivity contribution in [1.29, 1.82) is 0 Å². The van der Waals surface area contributed by atoms with Gasteiger partial charge in [0.25, 0.3) is 5.91 Å². The van der Waals surface area contributed by atoms with Crippen molar-refractivity contribution in [2.75, 3.05) is 41.4 Å². The molecule has 1 saturated carbocycles.